The predicted molar refractivity (Wildman–Crippen MR) is 60.4 cm³/mol. The summed E-state index contributed by atoms with van der Waals surface area (Å²) in [5.41, 5.74) is 0.920. The third-order valence-corrected chi connectivity index (χ3v) is 3.38. The van der Waals surface area contributed by atoms with Crippen molar-refractivity contribution >= 4 is 11.3 Å². The average molecular weight is 236 g/mol. The first kappa shape index (κ1) is 9.92. The molecule has 84 valence electrons. The smallest absolute Gasteiger partial charge is 0.183 e. The van der Waals surface area contributed by atoms with Gasteiger partial charge in [-0.25, -0.2) is 4.98 Å². The van der Waals surface area contributed by atoms with Gasteiger partial charge < -0.3 is 9.30 Å². The van der Waals surface area contributed by atoms with Crippen LogP contribution in [0.25, 0.3) is 11.5 Å². The lowest BCUT2D eigenvalue weighted by Crippen LogP contribution is -2.05. The molecule has 0 bridgehead atoms. The molecule has 2 aromatic rings. The highest BCUT2D eigenvalue weighted by atomic mass is 32.1. The molecule has 0 atom stereocenters. The minimum atomic E-state index is 0.723. The Hall–Kier alpha value is -1.27. The van der Waals surface area contributed by atoms with Crippen molar-refractivity contribution < 1.29 is 4.74 Å². The maximum atomic E-state index is 5.42. The van der Waals surface area contributed by atoms with Crippen LogP contribution in [0.3, 0.4) is 0 Å². The highest BCUT2D eigenvalue weighted by molar-refractivity contribution is 7.09. The molecule has 2 aromatic heterocycles. The lowest BCUT2D eigenvalue weighted by atomic mass is 10.4. The van der Waals surface area contributed by atoms with Crippen LogP contribution in [0.2, 0.25) is 0 Å². The number of hydrogen-bond donors (Lipinski definition) is 0. The summed E-state index contributed by atoms with van der Waals surface area (Å²) >= 11 is 1.64. The minimum absolute atomic E-state index is 0.723. The van der Waals surface area contributed by atoms with Crippen LogP contribution in [0, 0.1) is 6.92 Å². The zero-order valence-electron chi connectivity index (χ0n) is 9.01. The summed E-state index contributed by atoms with van der Waals surface area (Å²) in [4.78, 5) is 4.45. The van der Waals surface area contributed by atoms with E-state index >= 15 is 0 Å². The Morgan fingerprint density at radius 3 is 3.12 bits per heavy atom. The second-order valence-electron chi connectivity index (χ2n) is 3.71. The predicted octanol–water partition coefficient (Wildman–Crippen LogP) is 1.28. The summed E-state index contributed by atoms with van der Waals surface area (Å²) < 4.78 is 7.54. The molecule has 5 nitrogen and oxygen atoms in total. The lowest BCUT2D eigenvalue weighted by molar-refractivity contribution is 0.140. The molecule has 0 fully saturated rings. The molecule has 3 rings (SSSR count). The zero-order chi connectivity index (χ0) is 11.0. The molecule has 0 aliphatic carbocycles. The summed E-state index contributed by atoms with van der Waals surface area (Å²) in [7, 11) is 0. The monoisotopic (exact) mass is 236 g/mol. The first-order valence-electron chi connectivity index (χ1n) is 5.27. The van der Waals surface area contributed by atoms with E-state index in [4.69, 9.17) is 4.74 Å². The second-order valence-corrected chi connectivity index (χ2v) is 4.77. The van der Waals surface area contributed by atoms with Gasteiger partial charge in [0.2, 0.25) is 0 Å². The lowest BCUT2D eigenvalue weighted by Gasteiger charge is -2.03. The molecule has 0 N–H and O–H groups in total. The van der Waals surface area contributed by atoms with E-state index in [1.165, 1.54) is 0 Å². The normalized spacial score (nSPS) is 15.8. The van der Waals surface area contributed by atoms with Crippen molar-refractivity contribution in [2.75, 3.05) is 13.2 Å². The fraction of sp³-hybridized carbons (Fsp3) is 0.500. The van der Waals surface area contributed by atoms with Crippen molar-refractivity contribution in [3.8, 4) is 11.5 Å². The van der Waals surface area contributed by atoms with Gasteiger partial charge in [0.05, 0.1) is 18.2 Å². The molecule has 0 saturated carbocycles. The number of ether oxygens (including phenoxy) is 1. The third kappa shape index (κ3) is 1.64. The van der Waals surface area contributed by atoms with Crippen LogP contribution in [0.4, 0.5) is 0 Å². The van der Waals surface area contributed by atoms with Crippen LogP contribution in [0.1, 0.15) is 10.8 Å². The van der Waals surface area contributed by atoms with Crippen molar-refractivity contribution in [1.29, 1.82) is 0 Å². The Kier molecular flexibility index (Phi) is 2.45. The number of aryl methyl sites for hydroxylation is 1. The largest absolute Gasteiger partial charge is 0.379 e. The van der Waals surface area contributed by atoms with Gasteiger partial charge in [-0.1, -0.05) is 0 Å². The number of hydrogen-bond acceptors (Lipinski definition) is 5. The van der Waals surface area contributed by atoms with Crippen molar-refractivity contribution in [3.05, 3.63) is 16.2 Å². The number of nitrogens with zero attached hydrogens (tertiary/aromatic N) is 4. The fourth-order valence-electron chi connectivity index (χ4n) is 1.83. The van der Waals surface area contributed by atoms with E-state index < -0.39 is 0 Å². The Balaban J connectivity index is 2.05. The second kappa shape index (κ2) is 3.95. The van der Waals surface area contributed by atoms with E-state index in [1.807, 2.05) is 12.3 Å². The van der Waals surface area contributed by atoms with Crippen molar-refractivity contribution in [2.45, 2.75) is 19.9 Å². The van der Waals surface area contributed by atoms with Gasteiger partial charge in [-0.05, 0) is 6.92 Å². The van der Waals surface area contributed by atoms with E-state index in [-0.39, 0.29) is 0 Å². The maximum Gasteiger partial charge on any atom is 0.183 e. The average Bonchev–Trinajstić information content (AvgIpc) is 2.79. The van der Waals surface area contributed by atoms with E-state index in [0.29, 0.717) is 0 Å². The number of thiazole rings is 1. The van der Waals surface area contributed by atoms with Crippen molar-refractivity contribution in [1.82, 2.24) is 19.7 Å². The zero-order valence-corrected chi connectivity index (χ0v) is 9.83. The summed E-state index contributed by atoms with van der Waals surface area (Å²) in [5.74, 6) is 1.86. The van der Waals surface area contributed by atoms with E-state index in [9.17, 15) is 0 Å². The van der Waals surface area contributed by atoms with Crippen LogP contribution in [0.15, 0.2) is 5.38 Å². The Morgan fingerprint density at radius 2 is 2.31 bits per heavy atom. The Bertz CT molecular complexity index is 505. The Morgan fingerprint density at radius 1 is 1.38 bits per heavy atom. The third-order valence-electron chi connectivity index (χ3n) is 2.60. The highest BCUT2D eigenvalue weighted by Gasteiger charge is 2.17. The molecular weight excluding hydrogens is 224 g/mol. The molecule has 16 heavy (non-hydrogen) atoms. The molecule has 0 saturated heterocycles. The molecule has 0 aromatic carbocycles. The van der Waals surface area contributed by atoms with Crippen LogP contribution < -0.4 is 0 Å². The van der Waals surface area contributed by atoms with Crippen molar-refractivity contribution in [2.24, 2.45) is 0 Å². The van der Waals surface area contributed by atoms with E-state index in [0.717, 1.165) is 48.5 Å². The molecule has 1 aliphatic heterocycles. The summed E-state index contributed by atoms with van der Waals surface area (Å²) in [5, 5.41) is 11.5. The molecule has 3 heterocycles. The van der Waals surface area contributed by atoms with Gasteiger partial charge in [0.1, 0.15) is 11.5 Å². The van der Waals surface area contributed by atoms with Crippen LogP contribution in [-0.4, -0.2) is 33.0 Å². The number of aromatic nitrogens is 4. The van der Waals surface area contributed by atoms with Gasteiger partial charge in [0.15, 0.2) is 5.82 Å². The summed E-state index contributed by atoms with van der Waals surface area (Å²) in [6.07, 6.45) is 0.829. The van der Waals surface area contributed by atoms with Gasteiger partial charge in [-0.15, -0.1) is 21.5 Å². The highest BCUT2D eigenvalue weighted by Crippen LogP contribution is 2.21. The van der Waals surface area contributed by atoms with Crippen LogP contribution in [0.5, 0.6) is 0 Å². The first-order valence-corrected chi connectivity index (χ1v) is 6.15. The van der Waals surface area contributed by atoms with Crippen LogP contribution >= 0.6 is 11.3 Å². The topological polar surface area (TPSA) is 52.8 Å². The molecule has 0 amide bonds. The molecule has 0 spiro atoms. The number of fused-ring (bicyclic) bond motifs is 1. The molecule has 6 heteroatoms. The van der Waals surface area contributed by atoms with Gasteiger partial charge in [0, 0.05) is 18.3 Å². The fourth-order valence-corrected chi connectivity index (χ4v) is 2.42. The minimum Gasteiger partial charge on any atom is -0.379 e. The Labute approximate surface area is 97.1 Å². The first-order chi connectivity index (χ1) is 7.84. The maximum absolute atomic E-state index is 5.42. The van der Waals surface area contributed by atoms with Gasteiger partial charge in [-0.3, -0.25) is 0 Å². The molecule has 0 unspecified atom stereocenters. The van der Waals surface area contributed by atoms with Gasteiger partial charge in [-0.2, -0.15) is 0 Å². The van der Waals surface area contributed by atoms with Crippen LogP contribution in [-0.2, 0) is 17.7 Å². The number of rotatable bonds is 1. The van der Waals surface area contributed by atoms with Crippen molar-refractivity contribution in [3.63, 3.8) is 0 Å². The SMILES string of the molecule is Cc1nc(-c2nnc3n2CCOCC3)cs1. The standard InChI is InChI=1S/C10H12N4OS/c1-7-11-8(6-16-7)10-13-12-9-2-4-15-5-3-14(9)10/h6H,2-5H2,1H3. The van der Waals surface area contributed by atoms with Gasteiger partial charge in [0.25, 0.3) is 0 Å². The molecule has 0 radical (unpaired) electrons. The summed E-state index contributed by atoms with van der Waals surface area (Å²) in [6.45, 7) is 4.26. The van der Waals surface area contributed by atoms with E-state index in [1.54, 1.807) is 11.3 Å². The summed E-state index contributed by atoms with van der Waals surface area (Å²) in [6, 6.07) is 0. The molecule has 1 aliphatic rings. The quantitative estimate of drug-likeness (QED) is 0.748. The van der Waals surface area contributed by atoms with E-state index in [2.05, 4.69) is 19.7 Å². The molecular formula is C10H12N4OS. The van der Waals surface area contributed by atoms with Gasteiger partial charge >= 0.3 is 0 Å².